The zero-order valence-corrected chi connectivity index (χ0v) is 18.1. The van der Waals surface area contributed by atoms with Crippen molar-refractivity contribution in [3.8, 4) is 0 Å². The van der Waals surface area contributed by atoms with Gasteiger partial charge >= 0.3 is 0 Å². The van der Waals surface area contributed by atoms with Crippen LogP contribution in [0.25, 0.3) is 0 Å². The molecule has 2 aliphatic rings. The van der Waals surface area contributed by atoms with Crippen molar-refractivity contribution in [2.45, 2.75) is 63.5 Å². The molecule has 4 rings (SSSR count). The Hall–Kier alpha value is -1.29. The van der Waals surface area contributed by atoms with Crippen molar-refractivity contribution in [1.29, 1.82) is 0 Å². The molecule has 154 valence electrons. The van der Waals surface area contributed by atoms with E-state index in [-0.39, 0.29) is 17.0 Å². The lowest BCUT2D eigenvalue weighted by Crippen LogP contribution is -2.25. The first-order valence-corrected chi connectivity index (χ1v) is 12.4. The van der Waals surface area contributed by atoms with Crippen molar-refractivity contribution >= 4 is 21.2 Å². The Bertz CT molecular complexity index is 912. The number of sulfone groups is 1. The summed E-state index contributed by atoms with van der Waals surface area (Å²) in [5.74, 6) is 0.514. The van der Waals surface area contributed by atoms with E-state index in [1.807, 2.05) is 18.5 Å². The lowest BCUT2D eigenvalue weighted by Gasteiger charge is -2.20. The maximum Gasteiger partial charge on any atom is 0.227 e. The molecule has 2 aromatic heterocycles. The fourth-order valence-electron chi connectivity index (χ4n) is 3.71. The van der Waals surface area contributed by atoms with Gasteiger partial charge in [0.2, 0.25) is 15.0 Å². The van der Waals surface area contributed by atoms with Gasteiger partial charge in [0.25, 0.3) is 0 Å². The molecule has 0 bridgehead atoms. The van der Waals surface area contributed by atoms with Gasteiger partial charge in [0.1, 0.15) is 0 Å². The maximum absolute atomic E-state index is 12.9. The highest BCUT2D eigenvalue weighted by molar-refractivity contribution is 7.91. The zero-order chi connectivity index (χ0) is 19.7. The normalized spacial score (nSPS) is 20.3. The van der Waals surface area contributed by atoms with Crippen LogP contribution in [-0.2, 0) is 34.2 Å². The smallest absolute Gasteiger partial charge is 0.227 e. The number of thiazole rings is 1. The van der Waals surface area contributed by atoms with E-state index >= 15 is 0 Å². The first-order valence-electron chi connectivity index (χ1n) is 9.89. The van der Waals surface area contributed by atoms with Gasteiger partial charge in [-0.3, -0.25) is 4.90 Å². The molecular weight excluding hydrogens is 396 g/mol. The van der Waals surface area contributed by atoms with Crippen LogP contribution in [0, 0.1) is 12.8 Å². The summed E-state index contributed by atoms with van der Waals surface area (Å²) in [6, 6.07) is 0. The number of hydrogen-bond donors (Lipinski definition) is 0. The Morgan fingerprint density at radius 1 is 1.32 bits per heavy atom. The molecule has 2 fully saturated rings. The van der Waals surface area contributed by atoms with Crippen molar-refractivity contribution < 1.29 is 13.2 Å². The summed E-state index contributed by atoms with van der Waals surface area (Å²) in [5, 5.41) is 3.34. The number of rotatable bonds is 9. The maximum atomic E-state index is 12.9. The van der Waals surface area contributed by atoms with Crippen LogP contribution in [0.3, 0.4) is 0 Å². The molecule has 1 aliphatic heterocycles. The minimum atomic E-state index is -3.37. The van der Waals surface area contributed by atoms with E-state index in [1.165, 1.54) is 0 Å². The van der Waals surface area contributed by atoms with Gasteiger partial charge in [-0.25, -0.2) is 18.4 Å². The third kappa shape index (κ3) is 4.82. The van der Waals surface area contributed by atoms with Crippen LogP contribution in [0.4, 0.5) is 0 Å². The molecule has 0 radical (unpaired) electrons. The Labute approximate surface area is 170 Å². The number of hydrogen-bond acceptors (Lipinski definition) is 7. The van der Waals surface area contributed by atoms with E-state index in [2.05, 4.69) is 20.2 Å². The molecule has 0 aromatic carbocycles. The molecular formula is C19H28N4O3S2. The van der Waals surface area contributed by atoms with Gasteiger partial charge in [-0.05, 0) is 45.6 Å². The molecule has 1 saturated heterocycles. The fraction of sp³-hybridized carbons (Fsp3) is 0.684. The number of imidazole rings is 1. The summed E-state index contributed by atoms with van der Waals surface area (Å²) in [7, 11) is -1.35. The minimum absolute atomic E-state index is 0.0642. The molecule has 1 saturated carbocycles. The summed E-state index contributed by atoms with van der Waals surface area (Å²) < 4.78 is 33.5. The first kappa shape index (κ1) is 20.0. The number of aromatic nitrogens is 3. The average molecular weight is 425 g/mol. The van der Waals surface area contributed by atoms with Crippen LogP contribution in [-0.4, -0.2) is 53.4 Å². The SMILES string of the molecule is Cc1nc(CN(C)Cc2cnc(S(=O)(=O)CC3CC3)n2CC2CCCO2)cs1. The standard InChI is InChI=1S/C19H28N4O3S2/c1-14-21-16(12-27-14)9-22(2)10-17-8-20-19(28(24,25)13-15-5-6-15)23(17)11-18-4-3-7-26-18/h8,12,15,18H,3-7,9-11,13H2,1-2H3. The topological polar surface area (TPSA) is 77.3 Å². The third-order valence-corrected chi connectivity index (χ3v) is 7.89. The van der Waals surface area contributed by atoms with E-state index in [0.717, 1.165) is 55.2 Å². The largest absolute Gasteiger partial charge is 0.376 e. The van der Waals surface area contributed by atoms with Crippen LogP contribution in [0.15, 0.2) is 16.7 Å². The number of ether oxygens (including phenoxy) is 1. The van der Waals surface area contributed by atoms with Crippen molar-refractivity contribution in [3.05, 3.63) is 28.0 Å². The average Bonchev–Trinajstić information content (AvgIpc) is 3.01. The second-order valence-electron chi connectivity index (χ2n) is 8.03. The summed E-state index contributed by atoms with van der Waals surface area (Å²) in [6.45, 7) is 4.65. The molecule has 0 N–H and O–H groups in total. The third-order valence-electron chi connectivity index (χ3n) is 5.27. The fourth-order valence-corrected chi connectivity index (χ4v) is 6.16. The van der Waals surface area contributed by atoms with E-state index in [9.17, 15) is 8.42 Å². The van der Waals surface area contributed by atoms with Gasteiger partial charge in [0.05, 0.1) is 41.0 Å². The second-order valence-corrected chi connectivity index (χ2v) is 11.0. The van der Waals surface area contributed by atoms with Crippen LogP contribution in [0.5, 0.6) is 0 Å². The highest BCUT2D eigenvalue weighted by Crippen LogP contribution is 2.32. The molecule has 1 unspecified atom stereocenters. The molecule has 2 aromatic rings. The van der Waals surface area contributed by atoms with E-state index in [4.69, 9.17) is 4.74 Å². The van der Waals surface area contributed by atoms with Crippen molar-refractivity contribution in [2.24, 2.45) is 5.92 Å². The molecule has 1 atom stereocenters. The van der Waals surface area contributed by atoms with E-state index in [1.54, 1.807) is 17.5 Å². The van der Waals surface area contributed by atoms with Crippen molar-refractivity contribution in [2.75, 3.05) is 19.4 Å². The quantitative estimate of drug-likeness (QED) is 0.616. The van der Waals surface area contributed by atoms with Crippen LogP contribution in [0.2, 0.25) is 0 Å². The van der Waals surface area contributed by atoms with Crippen LogP contribution < -0.4 is 0 Å². The lowest BCUT2D eigenvalue weighted by molar-refractivity contribution is 0.0934. The minimum Gasteiger partial charge on any atom is -0.376 e. The summed E-state index contributed by atoms with van der Waals surface area (Å²) in [6.07, 6.45) is 5.80. The molecule has 3 heterocycles. The zero-order valence-electron chi connectivity index (χ0n) is 16.5. The predicted octanol–water partition coefficient (Wildman–Crippen LogP) is 2.64. The summed E-state index contributed by atoms with van der Waals surface area (Å²) in [5.41, 5.74) is 1.95. The van der Waals surface area contributed by atoms with Crippen LogP contribution in [0.1, 0.15) is 42.1 Å². The van der Waals surface area contributed by atoms with Gasteiger partial charge in [-0.1, -0.05) is 0 Å². The summed E-state index contributed by atoms with van der Waals surface area (Å²) >= 11 is 1.65. The Morgan fingerprint density at radius 2 is 2.14 bits per heavy atom. The van der Waals surface area contributed by atoms with Gasteiger partial charge in [-0.2, -0.15) is 0 Å². The molecule has 7 nitrogen and oxygen atoms in total. The number of nitrogens with zero attached hydrogens (tertiary/aromatic N) is 4. The first-order chi connectivity index (χ1) is 13.4. The Kier molecular flexibility index (Phi) is 5.87. The molecule has 0 amide bonds. The Morgan fingerprint density at radius 3 is 2.79 bits per heavy atom. The predicted molar refractivity (Wildman–Crippen MR) is 108 cm³/mol. The Balaban J connectivity index is 1.54. The van der Waals surface area contributed by atoms with Gasteiger partial charge in [-0.15, -0.1) is 11.3 Å². The van der Waals surface area contributed by atoms with E-state index < -0.39 is 9.84 Å². The summed E-state index contributed by atoms with van der Waals surface area (Å²) in [4.78, 5) is 11.0. The molecule has 0 spiro atoms. The van der Waals surface area contributed by atoms with Gasteiger partial charge in [0, 0.05) is 25.1 Å². The monoisotopic (exact) mass is 424 g/mol. The van der Waals surface area contributed by atoms with Crippen molar-refractivity contribution in [3.63, 3.8) is 0 Å². The molecule has 1 aliphatic carbocycles. The van der Waals surface area contributed by atoms with E-state index in [0.29, 0.717) is 19.0 Å². The van der Waals surface area contributed by atoms with Crippen molar-refractivity contribution in [1.82, 2.24) is 19.4 Å². The molecule has 9 heteroatoms. The van der Waals surface area contributed by atoms with Crippen LogP contribution >= 0.6 is 11.3 Å². The van der Waals surface area contributed by atoms with Gasteiger partial charge < -0.3 is 9.30 Å². The second kappa shape index (κ2) is 8.22. The highest BCUT2D eigenvalue weighted by atomic mass is 32.2. The molecule has 28 heavy (non-hydrogen) atoms. The lowest BCUT2D eigenvalue weighted by atomic mass is 10.2. The number of aryl methyl sites for hydroxylation is 1. The van der Waals surface area contributed by atoms with Gasteiger partial charge in [0.15, 0.2) is 0 Å². The highest BCUT2D eigenvalue weighted by Gasteiger charge is 2.33.